The molecule has 0 spiro atoms. The Balaban J connectivity index is 2.16. The molecule has 0 radical (unpaired) electrons. The second-order valence-electron chi connectivity index (χ2n) is 5.10. The molecule has 1 aromatic rings. The maximum Gasteiger partial charge on any atom is 0.0897 e. The van der Waals surface area contributed by atoms with Crippen LogP contribution in [0.25, 0.3) is 0 Å². The Hall–Kier alpha value is -0.610. The van der Waals surface area contributed by atoms with Crippen LogP contribution in [0.5, 0.6) is 0 Å². The van der Waals surface area contributed by atoms with E-state index in [2.05, 4.69) is 19.2 Å². The number of halogens is 1. The molecule has 0 amide bonds. The summed E-state index contributed by atoms with van der Waals surface area (Å²) < 4.78 is 5.51. The summed E-state index contributed by atoms with van der Waals surface area (Å²) in [5.74, 6) is 0. The van der Waals surface area contributed by atoms with Crippen molar-refractivity contribution < 1.29 is 9.84 Å². The summed E-state index contributed by atoms with van der Waals surface area (Å²) in [7, 11) is 0. The van der Waals surface area contributed by atoms with Crippen LogP contribution in [0, 0.1) is 0 Å². The summed E-state index contributed by atoms with van der Waals surface area (Å²) in [5.41, 5.74) is 1.06. The number of aliphatic hydroxyl groups excluding tert-OH is 1. The third kappa shape index (κ3) is 7.25. The summed E-state index contributed by atoms with van der Waals surface area (Å²) in [6.45, 7) is 5.77. The quantitative estimate of drug-likeness (QED) is 0.696. The minimum atomic E-state index is -0.465. The van der Waals surface area contributed by atoms with Crippen molar-refractivity contribution in [3.05, 3.63) is 34.9 Å². The maximum atomic E-state index is 9.88. The third-order valence-corrected chi connectivity index (χ3v) is 3.52. The van der Waals surface area contributed by atoms with Crippen molar-refractivity contribution in [2.75, 3.05) is 13.2 Å². The zero-order chi connectivity index (χ0) is 14.8. The molecule has 1 aromatic carbocycles. The highest BCUT2D eigenvalue weighted by Gasteiger charge is 2.08. The van der Waals surface area contributed by atoms with Gasteiger partial charge in [0.25, 0.3) is 0 Å². The summed E-state index contributed by atoms with van der Waals surface area (Å²) in [4.78, 5) is 0. The van der Waals surface area contributed by atoms with E-state index < -0.39 is 6.10 Å². The average molecular weight is 300 g/mol. The second kappa shape index (κ2) is 10.2. The Bertz CT molecular complexity index is 356. The lowest BCUT2D eigenvalue weighted by atomic mass is 10.1. The molecule has 0 fully saturated rings. The van der Waals surface area contributed by atoms with Crippen LogP contribution in [0.2, 0.25) is 5.02 Å². The lowest BCUT2D eigenvalue weighted by Gasteiger charge is -2.19. The SMILES string of the molecule is CCCC(CC)NCC(O)COCc1ccc(Cl)cc1. The van der Waals surface area contributed by atoms with Gasteiger partial charge in [-0.1, -0.05) is 44.0 Å². The highest BCUT2D eigenvalue weighted by atomic mass is 35.5. The predicted octanol–water partition coefficient (Wildman–Crippen LogP) is 3.39. The van der Waals surface area contributed by atoms with Gasteiger partial charge in [-0.3, -0.25) is 0 Å². The van der Waals surface area contributed by atoms with Crippen molar-refractivity contribution in [1.29, 1.82) is 0 Å². The maximum absolute atomic E-state index is 9.88. The average Bonchev–Trinajstić information content (AvgIpc) is 2.45. The molecule has 114 valence electrons. The van der Waals surface area contributed by atoms with Crippen LogP contribution in [-0.4, -0.2) is 30.4 Å². The Morgan fingerprint density at radius 2 is 1.95 bits per heavy atom. The number of hydrogen-bond acceptors (Lipinski definition) is 3. The molecule has 0 aliphatic carbocycles. The molecule has 2 atom stereocenters. The first-order valence-corrected chi connectivity index (χ1v) is 7.77. The number of ether oxygens (including phenoxy) is 1. The van der Waals surface area contributed by atoms with Gasteiger partial charge >= 0.3 is 0 Å². The van der Waals surface area contributed by atoms with Gasteiger partial charge in [-0.2, -0.15) is 0 Å². The van der Waals surface area contributed by atoms with Crippen molar-refractivity contribution >= 4 is 11.6 Å². The van der Waals surface area contributed by atoms with Gasteiger partial charge in [-0.15, -0.1) is 0 Å². The monoisotopic (exact) mass is 299 g/mol. The zero-order valence-corrected chi connectivity index (χ0v) is 13.2. The van der Waals surface area contributed by atoms with Gasteiger partial charge in [-0.25, -0.2) is 0 Å². The van der Waals surface area contributed by atoms with Gasteiger partial charge < -0.3 is 15.2 Å². The first-order valence-electron chi connectivity index (χ1n) is 7.39. The Morgan fingerprint density at radius 3 is 2.55 bits per heavy atom. The van der Waals surface area contributed by atoms with Crippen LogP contribution in [0.4, 0.5) is 0 Å². The van der Waals surface area contributed by atoms with E-state index in [1.165, 1.54) is 0 Å². The lowest BCUT2D eigenvalue weighted by Crippen LogP contribution is -2.37. The molecule has 0 aromatic heterocycles. The second-order valence-corrected chi connectivity index (χ2v) is 5.53. The highest BCUT2D eigenvalue weighted by Crippen LogP contribution is 2.10. The molecule has 1 rings (SSSR count). The molecule has 2 unspecified atom stereocenters. The van der Waals surface area contributed by atoms with E-state index in [1.807, 2.05) is 24.3 Å². The van der Waals surface area contributed by atoms with Gasteiger partial charge in [0.15, 0.2) is 0 Å². The fourth-order valence-corrected chi connectivity index (χ4v) is 2.18. The van der Waals surface area contributed by atoms with E-state index in [4.69, 9.17) is 16.3 Å². The molecule has 0 saturated carbocycles. The molecule has 20 heavy (non-hydrogen) atoms. The van der Waals surface area contributed by atoms with Crippen LogP contribution >= 0.6 is 11.6 Å². The van der Waals surface area contributed by atoms with Crippen LogP contribution in [-0.2, 0) is 11.3 Å². The summed E-state index contributed by atoms with van der Waals surface area (Å²) >= 11 is 5.82. The fourth-order valence-electron chi connectivity index (χ4n) is 2.05. The summed E-state index contributed by atoms with van der Waals surface area (Å²) in [6.07, 6.45) is 2.93. The topological polar surface area (TPSA) is 41.5 Å². The van der Waals surface area contributed by atoms with Gasteiger partial charge in [0.05, 0.1) is 19.3 Å². The first kappa shape index (κ1) is 17.4. The minimum Gasteiger partial charge on any atom is -0.389 e. The fraction of sp³-hybridized carbons (Fsp3) is 0.625. The lowest BCUT2D eigenvalue weighted by molar-refractivity contribution is 0.0274. The number of hydrogen-bond donors (Lipinski definition) is 2. The first-order chi connectivity index (χ1) is 9.65. The van der Waals surface area contributed by atoms with E-state index in [-0.39, 0.29) is 0 Å². The Labute approximate surface area is 127 Å². The highest BCUT2D eigenvalue weighted by molar-refractivity contribution is 6.30. The summed E-state index contributed by atoms with van der Waals surface area (Å²) in [5, 5.41) is 14.0. The van der Waals surface area contributed by atoms with E-state index in [0.717, 1.165) is 29.8 Å². The van der Waals surface area contributed by atoms with Crippen molar-refractivity contribution in [3.8, 4) is 0 Å². The molecule has 0 saturated heterocycles. The van der Waals surface area contributed by atoms with E-state index in [1.54, 1.807) is 0 Å². The molecule has 3 nitrogen and oxygen atoms in total. The third-order valence-electron chi connectivity index (χ3n) is 3.26. The number of benzene rings is 1. The molecule has 0 bridgehead atoms. The molecule has 2 N–H and O–H groups in total. The number of nitrogens with one attached hydrogen (secondary N) is 1. The van der Waals surface area contributed by atoms with Crippen LogP contribution in [0.1, 0.15) is 38.7 Å². The van der Waals surface area contributed by atoms with E-state index >= 15 is 0 Å². The van der Waals surface area contributed by atoms with E-state index in [0.29, 0.717) is 25.8 Å². The van der Waals surface area contributed by atoms with Crippen molar-refractivity contribution in [2.45, 2.75) is 51.9 Å². The van der Waals surface area contributed by atoms with E-state index in [9.17, 15) is 5.11 Å². The number of aliphatic hydroxyl groups is 1. The van der Waals surface area contributed by atoms with Crippen LogP contribution in [0.3, 0.4) is 0 Å². The predicted molar refractivity (Wildman–Crippen MR) is 84.1 cm³/mol. The van der Waals surface area contributed by atoms with Gasteiger partial charge in [0.2, 0.25) is 0 Å². The largest absolute Gasteiger partial charge is 0.389 e. The van der Waals surface area contributed by atoms with Gasteiger partial charge in [-0.05, 0) is 30.5 Å². The molecular weight excluding hydrogens is 274 g/mol. The van der Waals surface area contributed by atoms with Crippen molar-refractivity contribution in [3.63, 3.8) is 0 Å². The molecule has 0 aliphatic rings. The standard InChI is InChI=1S/C16H26ClNO2/c1-3-5-15(4-2)18-10-16(19)12-20-11-13-6-8-14(17)9-7-13/h6-9,15-16,18-19H,3-5,10-12H2,1-2H3. The minimum absolute atomic E-state index is 0.345. The molecular formula is C16H26ClNO2. The molecule has 0 aliphatic heterocycles. The van der Waals surface area contributed by atoms with Crippen molar-refractivity contribution in [2.24, 2.45) is 0 Å². The zero-order valence-electron chi connectivity index (χ0n) is 12.4. The van der Waals surface area contributed by atoms with Crippen LogP contribution < -0.4 is 5.32 Å². The Kier molecular flexibility index (Phi) is 8.86. The molecule has 4 heteroatoms. The van der Waals surface area contributed by atoms with Crippen LogP contribution in [0.15, 0.2) is 24.3 Å². The van der Waals surface area contributed by atoms with Gasteiger partial charge in [0, 0.05) is 17.6 Å². The normalized spacial score (nSPS) is 14.2. The Morgan fingerprint density at radius 1 is 1.25 bits per heavy atom. The van der Waals surface area contributed by atoms with Crippen molar-refractivity contribution in [1.82, 2.24) is 5.32 Å². The summed E-state index contributed by atoms with van der Waals surface area (Å²) in [6, 6.07) is 8.04. The number of rotatable bonds is 10. The smallest absolute Gasteiger partial charge is 0.0897 e. The van der Waals surface area contributed by atoms with Gasteiger partial charge in [0.1, 0.15) is 0 Å². The molecule has 0 heterocycles.